The lowest BCUT2D eigenvalue weighted by molar-refractivity contribution is 1.51. The first-order chi connectivity index (χ1) is 7.24. The van der Waals surface area contributed by atoms with Gasteiger partial charge in [0, 0.05) is 0 Å². The topological polar surface area (TPSA) is 49.8 Å². The second-order valence-corrected chi connectivity index (χ2v) is 3.27. The van der Waals surface area contributed by atoms with Crippen molar-refractivity contribution in [2.45, 2.75) is 0 Å². The van der Waals surface area contributed by atoms with Gasteiger partial charge in [-0.2, -0.15) is 5.26 Å². The third kappa shape index (κ3) is 3.75. The molecular weight excluding hydrogens is 204 g/mol. The van der Waals surface area contributed by atoms with Crippen LogP contribution < -0.4 is 5.73 Å². The molecule has 1 rings (SSSR count). The smallest absolute Gasteiger partial charge is 0.114 e. The third-order valence-corrected chi connectivity index (χ3v) is 1.96. The Kier molecular flexibility index (Phi) is 4.27. The fourth-order valence-electron chi connectivity index (χ4n) is 0.994. The molecule has 0 heterocycles. The van der Waals surface area contributed by atoms with Crippen LogP contribution in [0, 0.1) is 11.3 Å². The van der Waals surface area contributed by atoms with Crippen molar-refractivity contribution in [2.75, 3.05) is 0 Å². The van der Waals surface area contributed by atoms with Crippen molar-refractivity contribution in [2.24, 2.45) is 5.73 Å². The molecule has 1 aromatic rings. The van der Waals surface area contributed by atoms with Crippen molar-refractivity contribution in [1.82, 2.24) is 0 Å². The van der Waals surface area contributed by atoms with Crippen LogP contribution in [0.1, 0.15) is 5.56 Å². The Bertz CT molecular complexity index is 438. The normalized spacial score (nSPS) is 11.3. The number of rotatable bonds is 3. The molecule has 0 saturated heterocycles. The van der Waals surface area contributed by atoms with Crippen molar-refractivity contribution in [3.63, 3.8) is 0 Å². The van der Waals surface area contributed by atoms with E-state index in [-0.39, 0.29) is 4.99 Å². The van der Waals surface area contributed by atoms with Crippen LogP contribution in [0.4, 0.5) is 0 Å². The zero-order valence-electron chi connectivity index (χ0n) is 8.05. The van der Waals surface area contributed by atoms with Crippen LogP contribution in [0.25, 0.3) is 6.08 Å². The molecule has 0 aliphatic heterocycles. The van der Waals surface area contributed by atoms with Crippen LogP contribution in [-0.4, -0.2) is 4.99 Å². The molecule has 0 fully saturated rings. The molecule has 3 heteroatoms. The number of nitrogens with two attached hydrogens (primary N) is 1. The summed E-state index contributed by atoms with van der Waals surface area (Å²) in [5, 5.41) is 8.67. The van der Waals surface area contributed by atoms with Crippen LogP contribution >= 0.6 is 12.2 Å². The van der Waals surface area contributed by atoms with Gasteiger partial charge in [0.05, 0.1) is 5.57 Å². The van der Waals surface area contributed by atoms with Crippen LogP contribution in [-0.2, 0) is 0 Å². The minimum Gasteiger partial charge on any atom is -0.389 e. The largest absolute Gasteiger partial charge is 0.389 e. The summed E-state index contributed by atoms with van der Waals surface area (Å²) in [6, 6.07) is 11.7. The molecule has 0 radical (unpaired) electrons. The number of hydrogen-bond acceptors (Lipinski definition) is 2. The molecule has 0 bridgehead atoms. The number of hydrogen-bond donors (Lipinski definition) is 1. The summed E-state index contributed by atoms with van der Waals surface area (Å²) < 4.78 is 0. The highest BCUT2D eigenvalue weighted by molar-refractivity contribution is 7.80. The minimum atomic E-state index is 0.121. The van der Waals surface area contributed by atoms with Gasteiger partial charge in [-0.15, -0.1) is 0 Å². The van der Waals surface area contributed by atoms with E-state index in [0.717, 1.165) is 5.56 Å². The van der Waals surface area contributed by atoms with Gasteiger partial charge in [0.15, 0.2) is 0 Å². The number of allylic oxidation sites excluding steroid dienone is 2. The van der Waals surface area contributed by atoms with E-state index in [0.29, 0.717) is 5.57 Å². The first-order valence-corrected chi connectivity index (χ1v) is 4.78. The van der Waals surface area contributed by atoms with Gasteiger partial charge in [0.1, 0.15) is 11.1 Å². The average molecular weight is 214 g/mol. The predicted octanol–water partition coefficient (Wildman–Crippen LogP) is 2.44. The molecule has 2 nitrogen and oxygen atoms in total. The quantitative estimate of drug-likeness (QED) is 0.364. The van der Waals surface area contributed by atoms with Crippen LogP contribution in [0.5, 0.6) is 0 Å². The SMILES string of the molecule is N#C/C(=C/C=C\c1ccccc1)C(N)=S. The molecule has 0 atom stereocenters. The molecule has 74 valence electrons. The molecule has 0 aromatic heterocycles. The lowest BCUT2D eigenvalue weighted by Gasteiger charge is -1.91. The van der Waals surface area contributed by atoms with Crippen molar-refractivity contribution in [3.8, 4) is 6.07 Å². The highest BCUT2D eigenvalue weighted by atomic mass is 32.1. The number of nitrogens with zero attached hydrogens (tertiary/aromatic N) is 1. The van der Waals surface area contributed by atoms with E-state index in [1.807, 2.05) is 42.5 Å². The van der Waals surface area contributed by atoms with Gasteiger partial charge in [-0.1, -0.05) is 54.7 Å². The molecule has 0 aliphatic carbocycles. The molecule has 0 amide bonds. The molecule has 0 unspecified atom stereocenters. The standard InChI is InChI=1S/C12H10N2S/c13-9-11(12(14)15)8-4-7-10-5-2-1-3-6-10/h1-8H,(H2,14,15)/b7-4-,11-8-. The van der Waals surface area contributed by atoms with E-state index >= 15 is 0 Å². The Morgan fingerprint density at radius 3 is 2.53 bits per heavy atom. The molecule has 0 saturated carbocycles. The van der Waals surface area contributed by atoms with Crippen LogP contribution in [0.3, 0.4) is 0 Å². The van der Waals surface area contributed by atoms with Crippen molar-refractivity contribution < 1.29 is 0 Å². The zero-order valence-corrected chi connectivity index (χ0v) is 8.87. The number of benzene rings is 1. The van der Waals surface area contributed by atoms with E-state index in [4.69, 9.17) is 23.2 Å². The molecule has 2 N–H and O–H groups in total. The van der Waals surface area contributed by atoms with Crippen LogP contribution in [0.2, 0.25) is 0 Å². The highest BCUT2D eigenvalue weighted by Crippen LogP contribution is 2.02. The summed E-state index contributed by atoms with van der Waals surface area (Å²) in [6.45, 7) is 0. The van der Waals surface area contributed by atoms with Crippen LogP contribution in [0.15, 0.2) is 48.1 Å². The molecule has 15 heavy (non-hydrogen) atoms. The van der Waals surface area contributed by atoms with Gasteiger partial charge >= 0.3 is 0 Å². The second-order valence-electron chi connectivity index (χ2n) is 2.83. The number of thiocarbonyl (C=S) groups is 1. The third-order valence-electron chi connectivity index (χ3n) is 1.74. The average Bonchev–Trinajstić information content (AvgIpc) is 2.25. The Morgan fingerprint density at radius 1 is 1.33 bits per heavy atom. The van der Waals surface area contributed by atoms with Gasteiger partial charge in [-0.25, -0.2) is 0 Å². The Balaban J connectivity index is 2.76. The van der Waals surface area contributed by atoms with Gasteiger partial charge in [-0.3, -0.25) is 0 Å². The zero-order chi connectivity index (χ0) is 11.1. The van der Waals surface area contributed by atoms with Gasteiger partial charge < -0.3 is 5.73 Å². The maximum absolute atomic E-state index is 8.67. The van der Waals surface area contributed by atoms with Gasteiger partial charge in [-0.05, 0) is 11.6 Å². The van der Waals surface area contributed by atoms with Crippen molar-refractivity contribution in [3.05, 3.63) is 53.6 Å². The fraction of sp³-hybridized carbons (Fsp3) is 0. The maximum atomic E-state index is 8.67. The Labute approximate surface area is 94.3 Å². The summed E-state index contributed by atoms with van der Waals surface area (Å²) >= 11 is 4.70. The Hall–Kier alpha value is -1.92. The maximum Gasteiger partial charge on any atom is 0.114 e. The lowest BCUT2D eigenvalue weighted by Crippen LogP contribution is -2.09. The van der Waals surface area contributed by atoms with Gasteiger partial charge in [0.25, 0.3) is 0 Å². The van der Waals surface area contributed by atoms with E-state index < -0.39 is 0 Å². The first-order valence-electron chi connectivity index (χ1n) is 4.37. The van der Waals surface area contributed by atoms with Crippen molar-refractivity contribution >= 4 is 23.3 Å². The van der Waals surface area contributed by atoms with E-state index in [9.17, 15) is 0 Å². The van der Waals surface area contributed by atoms with Gasteiger partial charge in [0.2, 0.25) is 0 Å². The highest BCUT2D eigenvalue weighted by Gasteiger charge is 1.94. The summed E-state index contributed by atoms with van der Waals surface area (Å²) in [7, 11) is 0. The monoisotopic (exact) mass is 214 g/mol. The molecule has 0 aliphatic rings. The summed E-state index contributed by atoms with van der Waals surface area (Å²) in [5.41, 5.74) is 6.71. The van der Waals surface area contributed by atoms with Crippen molar-refractivity contribution in [1.29, 1.82) is 5.26 Å². The molecule has 0 spiro atoms. The summed E-state index contributed by atoms with van der Waals surface area (Å²) in [6.07, 6.45) is 5.25. The van der Waals surface area contributed by atoms with E-state index in [1.54, 1.807) is 12.2 Å². The van der Waals surface area contributed by atoms with E-state index in [2.05, 4.69) is 0 Å². The fourth-order valence-corrected chi connectivity index (χ4v) is 1.11. The minimum absolute atomic E-state index is 0.121. The predicted molar refractivity (Wildman–Crippen MR) is 66.0 cm³/mol. The lowest BCUT2D eigenvalue weighted by atomic mass is 10.2. The molecular formula is C12H10N2S. The van der Waals surface area contributed by atoms with E-state index in [1.165, 1.54) is 0 Å². The molecule has 1 aromatic carbocycles. The summed E-state index contributed by atoms with van der Waals surface area (Å²) in [5.74, 6) is 0. The number of nitriles is 1. The summed E-state index contributed by atoms with van der Waals surface area (Å²) in [4.78, 5) is 0.121. The first kappa shape index (κ1) is 11.2. The second kappa shape index (κ2) is 5.74. The Morgan fingerprint density at radius 2 is 2.00 bits per heavy atom.